The number of aromatic amines is 1. The quantitative estimate of drug-likeness (QED) is 0.710. The standard InChI is InChI=1S/C20H22F3N5/c21-20(22,23)15-3-1-13(2-4-15)11-28-9-6-14(7-10-28)17(24)18-16-5-8-25-19(16)27-12-26-18/h1-5,8,12,14,17H,6-7,9-11,24H2,(H,25,26,27). The molecule has 0 spiro atoms. The van der Waals surface area contributed by atoms with Gasteiger partial charge in [-0.1, -0.05) is 12.1 Å². The molecular weight excluding hydrogens is 367 g/mol. The summed E-state index contributed by atoms with van der Waals surface area (Å²) < 4.78 is 38.0. The molecule has 0 aliphatic carbocycles. The van der Waals surface area contributed by atoms with Crippen molar-refractivity contribution in [2.24, 2.45) is 11.7 Å². The second kappa shape index (κ2) is 7.52. The van der Waals surface area contributed by atoms with E-state index in [1.807, 2.05) is 12.3 Å². The number of halogens is 3. The molecule has 0 amide bonds. The van der Waals surface area contributed by atoms with E-state index in [9.17, 15) is 13.2 Å². The van der Waals surface area contributed by atoms with Crippen molar-refractivity contribution in [1.82, 2.24) is 19.9 Å². The van der Waals surface area contributed by atoms with Gasteiger partial charge >= 0.3 is 6.18 Å². The lowest BCUT2D eigenvalue weighted by atomic mass is 9.87. The molecule has 0 saturated carbocycles. The van der Waals surface area contributed by atoms with E-state index in [1.54, 1.807) is 12.1 Å². The van der Waals surface area contributed by atoms with Gasteiger partial charge in [-0.2, -0.15) is 13.2 Å². The highest BCUT2D eigenvalue weighted by Gasteiger charge is 2.30. The Kier molecular flexibility index (Phi) is 5.07. The number of hydrogen-bond acceptors (Lipinski definition) is 4. The van der Waals surface area contributed by atoms with Crippen molar-refractivity contribution in [2.45, 2.75) is 31.6 Å². The number of alkyl halides is 3. The predicted octanol–water partition coefficient (Wildman–Crippen LogP) is 3.89. The molecule has 1 aromatic carbocycles. The van der Waals surface area contributed by atoms with Crippen molar-refractivity contribution in [1.29, 1.82) is 0 Å². The molecule has 1 atom stereocenters. The molecule has 5 nitrogen and oxygen atoms in total. The first-order valence-electron chi connectivity index (χ1n) is 9.34. The van der Waals surface area contributed by atoms with E-state index in [1.165, 1.54) is 6.33 Å². The summed E-state index contributed by atoms with van der Waals surface area (Å²) in [6, 6.07) is 7.21. The highest BCUT2D eigenvalue weighted by Crippen LogP contribution is 2.32. The van der Waals surface area contributed by atoms with E-state index in [-0.39, 0.29) is 6.04 Å². The van der Waals surface area contributed by atoms with Crippen LogP contribution in [0.2, 0.25) is 0 Å². The second-order valence-electron chi connectivity index (χ2n) is 7.33. The highest BCUT2D eigenvalue weighted by molar-refractivity contribution is 5.78. The number of fused-ring (bicyclic) bond motifs is 1. The molecule has 1 aliphatic heterocycles. The van der Waals surface area contributed by atoms with Gasteiger partial charge in [0.25, 0.3) is 0 Å². The summed E-state index contributed by atoms with van der Waals surface area (Å²) in [7, 11) is 0. The first-order chi connectivity index (χ1) is 13.4. The zero-order chi connectivity index (χ0) is 19.7. The third-order valence-corrected chi connectivity index (χ3v) is 5.53. The summed E-state index contributed by atoms with van der Waals surface area (Å²) in [4.78, 5) is 14.0. The number of nitrogens with zero attached hydrogens (tertiary/aromatic N) is 3. The molecule has 4 rings (SSSR count). The summed E-state index contributed by atoms with van der Waals surface area (Å²) in [6.07, 6.45) is 0.935. The minimum absolute atomic E-state index is 0.158. The molecule has 0 bridgehead atoms. The third-order valence-electron chi connectivity index (χ3n) is 5.53. The van der Waals surface area contributed by atoms with Gasteiger partial charge < -0.3 is 10.7 Å². The number of rotatable bonds is 4. The van der Waals surface area contributed by atoms with Gasteiger partial charge in [-0.3, -0.25) is 4.90 Å². The molecule has 148 valence electrons. The molecule has 1 unspecified atom stereocenters. The van der Waals surface area contributed by atoms with Crippen LogP contribution in [0.3, 0.4) is 0 Å². The number of piperidine rings is 1. The Labute approximate surface area is 160 Å². The number of aromatic nitrogens is 3. The summed E-state index contributed by atoms with van der Waals surface area (Å²) in [5.41, 5.74) is 8.46. The summed E-state index contributed by atoms with van der Waals surface area (Å²) in [5, 5.41) is 0.960. The number of benzene rings is 1. The molecule has 0 radical (unpaired) electrons. The Balaban J connectivity index is 1.36. The van der Waals surface area contributed by atoms with E-state index >= 15 is 0 Å². The van der Waals surface area contributed by atoms with E-state index in [4.69, 9.17) is 5.73 Å². The minimum Gasteiger partial charge on any atom is -0.346 e. The van der Waals surface area contributed by atoms with Crippen LogP contribution in [0.1, 0.15) is 35.7 Å². The lowest BCUT2D eigenvalue weighted by Gasteiger charge is -2.34. The fraction of sp³-hybridized carbons (Fsp3) is 0.400. The van der Waals surface area contributed by atoms with Gasteiger partial charge in [-0.05, 0) is 55.6 Å². The topological polar surface area (TPSA) is 70.8 Å². The maximum absolute atomic E-state index is 12.7. The van der Waals surface area contributed by atoms with Crippen LogP contribution in [-0.4, -0.2) is 32.9 Å². The maximum atomic E-state index is 12.7. The van der Waals surface area contributed by atoms with Gasteiger partial charge in [0, 0.05) is 18.1 Å². The van der Waals surface area contributed by atoms with Gasteiger partial charge in [0.2, 0.25) is 0 Å². The van der Waals surface area contributed by atoms with Gasteiger partial charge in [0.1, 0.15) is 12.0 Å². The number of nitrogens with two attached hydrogens (primary N) is 1. The van der Waals surface area contributed by atoms with Crippen LogP contribution in [0.5, 0.6) is 0 Å². The van der Waals surface area contributed by atoms with Crippen LogP contribution in [0.25, 0.3) is 11.0 Å². The molecular formula is C20H22F3N5. The van der Waals surface area contributed by atoms with Crippen LogP contribution in [-0.2, 0) is 12.7 Å². The average molecular weight is 389 g/mol. The van der Waals surface area contributed by atoms with Crippen molar-refractivity contribution in [2.75, 3.05) is 13.1 Å². The van der Waals surface area contributed by atoms with Crippen molar-refractivity contribution < 1.29 is 13.2 Å². The fourth-order valence-corrected chi connectivity index (χ4v) is 3.91. The molecule has 3 heterocycles. The zero-order valence-electron chi connectivity index (χ0n) is 15.3. The SMILES string of the molecule is NC(c1ncnc2[nH]ccc12)C1CCN(Cc2ccc(C(F)(F)F)cc2)CC1. The molecule has 3 aromatic rings. The van der Waals surface area contributed by atoms with Gasteiger partial charge in [-0.15, -0.1) is 0 Å². The van der Waals surface area contributed by atoms with Crippen molar-refractivity contribution >= 4 is 11.0 Å². The first-order valence-corrected chi connectivity index (χ1v) is 9.34. The Bertz CT molecular complexity index is 927. The van der Waals surface area contributed by atoms with Gasteiger partial charge in [0.05, 0.1) is 17.3 Å². The number of hydrogen-bond donors (Lipinski definition) is 2. The molecule has 1 aliphatic rings. The predicted molar refractivity (Wildman–Crippen MR) is 100 cm³/mol. The summed E-state index contributed by atoms with van der Waals surface area (Å²) in [6.45, 7) is 2.37. The van der Waals surface area contributed by atoms with Crippen LogP contribution in [0.15, 0.2) is 42.9 Å². The minimum atomic E-state index is -4.29. The Morgan fingerprint density at radius 3 is 2.50 bits per heavy atom. The van der Waals surface area contributed by atoms with Crippen LogP contribution >= 0.6 is 0 Å². The number of H-pyrrole nitrogens is 1. The monoisotopic (exact) mass is 389 g/mol. The summed E-state index contributed by atoms with van der Waals surface area (Å²) in [5.74, 6) is 0.317. The van der Waals surface area contributed by atoms with Crippen molar-refractivity contribution in [3.05, 3.63) is 59.7 Å². The van der Waals surface area contributed by atoms with Crippen molar-refractivity contribution in [3.8, 4) is 0 Å². The third kappa shape index (κ3) is 3.88. The smallest absolute Gasteiger partial charge is 0.346 e. The first kappa shape index (κ1) is 18.9. The van der Waals surface area contributed by atoms with Gasteiger partial charge in [0.15, 0.2) is 0 Å². The lowest BCUT2D eigenvalue weighted by molar-refractivity contribution is -0.137. The van der Waals surface area contributed by atoms with Gasteiger partial charge in [-0.25, -0.2) is 9.97 Å². The Hall–Kier alpha value is -2.45. The zero-order valence-corrected chi connectivity index (χ0v) is 15.3. The van der Waals surface area contributed by atoms with Crippen molar-refractivity contribution in [3.63, 3.8) is 0 Å². The number of likely N-dealkylation sites (tertiary alicyclic amines) is 1. The van der Waals surface area contributed by atoms with E-state index < -0.39 is 11.7 Å². The van der Waals surface area contributed by atoms with Crippen LogP contribution < -0.4 is 5.73 Å². The molecule has 1 saturated heterocycles. The second-order valence-corrected chi connectivity index (χ2v) is 7.33. The van der Waals surface area contributed by atoms with E-state index in [2.05, 4.69) is 19.9 Å². The highest BCUT2D eigenvalue weighted by atomic mass is 19.4. The summed E-state index contributed by atoms with van der Waals surface area (Å²) >= 11 is 0. The average Bonchev–Trinajstić information content (AvgIpc) is 3.17. The molecule has 3 N–H and O–H groups in total. The van der Waals surface area contributed by atoms with E-state index in [0.29, 0.717) is 12.5 Å². The fourth-order valence-electron chi connectivity index (χ4n) is 3.91. The van der Waals surface area contributed by atoms with Crippen LogP contribution in [0, 0.1) is 5.92 Å². The normalized spacial score (nSPS) is 17.9. The Morgan fingerprint density at radius 2 is 1.82 bits per heavy atom. The maximum Gasteiger partial charge on any atom is 0.416 e. The Morgan fingerprint density at radius 1 is 1.11 bits per heavy atom. The number of nitrogens with one attached hydrogen (secondary N) is 1. The molecule has 1 fully saturated rings. The molecule has 28 heavy (non-hydrogen) atoms. The van der Waals surface area contributed by atoms with E-state index in [0.717, 1.165) is 60.4 Å². The molecule has 8 heteroatoms. The molecule has 2 aromatic heterocycles. The lowest BCUT2D eigenvalue weighted by Crippen LogP contribution is -2.37. The largest absolute Gasteiger partial charge is 0.416 e. The van der Waals surface area contributed by atoms with Crippen LogP contribution in [0.4, 0.5) is 13.2 Å².